The fraction of sp³-hybridized carbons (Fsp3) is 0.588. The number of rotatable bonds is 5. The third-order valence-electron chi connectivity index (χ3n) is 4.32. The Morgan fingerprint density at radius 1 is 1.40 bits per heavy atom. The zero-order chi connectivity index (χ0) is 19.0. The van der Waals surface area contributed by atoms with Crippen molar-refractivity contribution in [2.24, 2.45) is 5.73 Å². The number of carbonyl (C=O) groups excluding carboxylic acids is 1. The molecule has 1 aliphatic carbocycles. The Morgan fingerprint density at radius 3 is 2.52 bits per heavy atom. The van der Waals surface area contributed by atoms with Crippen LogP contribution in [-0.2, 0) is 14.6 Å². The number of alkyl carbamates (subject to hydrolysis) is 1. The van der Waals surface area contributed by atoms with Crippen molar-refractivity contribution >= 4 is 27.5 Å². The third kappa shape index (κ3) is 4.10. The van der Waals surface area contributed by atoms with Crippen LogP contribution < -0.4 is 11.1 Å². The topological polar surface area (TPSA) is 98.5 Å². The van der Waals surface area contributed by atoms with Crippen LogP contribution >= 0.6 is 11.6 Å². The van der Waals surface area contributed by atoms with E-state index in [1.807, 2.05) is 0 Å². The molecule has 0 aliphatic heterocycles. The van der Waals surface area contributed by atoms with E-state index < -0.39 is 38.2 Å². The summed E-state index contributed by atoms with van der Waals surface area (Å²) in [6.45, 7) is 6.78. The molecule has 3 atom stereocenters. The number of benzene rings is 1. The van der Waals surface area contributed by atoms with Crippen LogP contribution in [0.3, 0.4) is 0 Å². The van der Waals surface area contributed by atoms with Gasteiger partial charge in [-0.1, -0.05) is 30.7 Å². The molecule has 8 heteroatoms. The first kappa shape index (κ1) is 20.0. The fourth-order valence-corrected chi connectivity index (χ4v) is 5.46. The largest absolute Gasteiger partial charge is 0.444 e. The van der Waals surface area contributed by atoms with Crippen LogP contribution in [0, 0.1) is 0 Å². The molecule has 1 aliphatic rings. The van der Waals surface area contributed by atoms with Gasteiger partial charge in [-0.15, -0.1) is 0 Å². The van der Waals surface area contributed by atoms with Gasteiger partial charge >= 0.3 is 6.09 Å². The smallest absolute Gasteiger partial charge is 0.408 e. The van der Waals surface area contributed by atoms with E-state index >= 15 is 0 Å². The zero-order valence-corrected chi connectivity index (χ0v) is 16.4. The lowest BCUT2D eigenvalue weighted by Gasteiger charge is -2.24. The SMILES string of the molecule is CCS(=O)(=O)[C@H]1[C@H](c2cccc(Cl)c2)[C@@]1(CN)NC(=O)OC(C)(C)C. The van der Waals surface area contributed by atoms with E-state index in [-0.39, 0.29) is 12.3 Å². The highest BCUT2D eigenvalue weighted by Crippen LogP contribution is 2.55. The average molecular weight is 389 g/mol. The fourth-order valence-electron chi connectivity index (χ4n) is 3.22. The first-order valence-corrected chi connectivity index (χ1v) is 10.2. The summed E-state index contributed by atoms with van der Waals surface area (Å²) >= 11 is 6.05. The van der Waals surface area contributed by atoms with Gasteiger partial charge in [-0.25, -0.2) is 13.2 Å². The Morgan fingerprint density at radius 2 is 2.04 bits per heavy atom. The molecule has 1 fully saturated rings. The van der Waals surface area contributed by atoms with E-state index in [9.17, 15) is 13.2 Å². The highest BCUT2D eigenvalue weighted by molar-refractivity contribution is 7.92. The second-order valence-electron chi connectivity index (χ2n) is 7.28. The molecule has 0 spiro atoms. The number of amides is 1. The van der Waals surface area contributed by atoms with Crippen LogP contribution in [0.4, 0.5) is 4.79 Å². The van der Waals surface area contributed by atoms with Crippen molar-refractivity contribution < 1.29 is 17.9 Å². The molecule has 0 aromatic heterocycles. The van der Waals surface area contributed by atoms with Gasteiger partial charge in [-0.2, -0.15) is 0 Å². The maximum Gasteiger partial charge on any atom is 0.408 e. The van der Waals surface area contributed by atoms with Crippen molar-refractivity contribution in [1.82, 2.24) is 5.32 Å². The summed E-state index contributed by atoms with van der Waals surface area (Å²) in [5.74, 6) is -0.499. The van der Waals surface area contributed by atoms with Crippen LogP contribution in [0.25, 0.3) is 0 Å². The second kappa shape index (κ2) is 6.78. The Labute approximate surface area is 154 Å². The van der Waals surface area contributed by atoms with Gasteiger partial charge in [0.05, 0.1) is 10.8 Å². The van der Waals surface area contributed by atoms with Crippen LogP contribution in [0.1, 0.15) is 39.2 Å². The lowest BCUT2D eigenvalue weighted by molar-refractivity contribution is 0.0497. The van der Waals surface area contributed by atoms with E-state index in [4.69, 9.17) is 22.1 Å². The monoisotopic (exact) mass is 388 g/mol. The minimum Gasteiger partial charge on any atom is -0.444 e. The minimum absolute atomic E-state index is 0.0205. The number of hydrogen-bond donors (Lipinski definition) is 2. The molecule has 1 amide bonds. The van der Waals surface area contributed by atoms with Gasteiger partial charge in [-0.05, 0) is 38.5 Å². The predicted octanol–water partition coefficient (Wildman–Crippen LogP) is 2.46. The average Bonchev–Trinajstić information content (AvgIpc) is 3.15. The molecule has 6 nitrogen and oxygen atoms in total. The van der Waals surface area contributed by atoms with Crippen LogP contribution in [0.2, 0.25) is 5.02 Å². The maximum atomic E-state index is 12.6. The summed E-state index contributed by atoms with van der Waals surface area (Å²) in [4.78, 5) is 12.3. The maximum absolute atomic E-state index is 12.6. The number of sulfone groups is 1. The molecule has 0 unspecified atom stereocenters. The molecule has 0 bridgehead atoms. The number of nitrogens with one attached hydrogen (secondary N) is 1. The van der Waals surface area contributed by atoms with Gasteiger partial charge in [0.15, 0.2) is 9.84 Å². The van der Waals surface area contributed by atoms with Gasteiger partial charge in [0.2, 0.25) is 0 Å². The molecule has 0 heterocycles. The molecule has 1 aromatic rings. The van der Waals surface area contributed by atoms with Crippen molar-refractivity contribution in [3.05, 3.63) is 34.9 Å². The molecule has 25 heavy (non-hydrogen) atoms. The quantitative estimate of drug-likeness (QED) is 0.807. The van der Waals surface area contributed by atoms with Crippen LogP contribution in [0.15, 0.2) is 24.3 Å². The highest BCUT2D eigenvalue weighted by atomic mass is 35.5. The molecule has 140 valence electrons. The van der Waals surface area contributed by atoms with Crippen molar-refractivity contribution in [2.45, 2.75) is 50.0 Å². The van der Waals surface area contributed by atoms with Crippen molar-refractivity contribution in [3.63, 3.8) is 0 Å². The number of nitrogens with two attached hydrogens (primary N) is 1. The van der Waals surface area contributed by atoms with E-state index in [1.165, 1.54) is 0 Å². The summed E-state index contributed by atoms with van der Waals surface area (Å²) in [5, 5.41) is 2.42. The van der Waals surface area contributed by atoms with E-state index in [0.717, 1.165) is 5.56 Å². The number of hydrogen-bond acceptors (Lipinski definition) is 5. The predicted molar refractivity (Wildman–Crippen MR) is 98.6 cm³/mol. The Hall–Kier alpha value is -1.31. The highest BCUT2D eigenvalue weighted by Gasteiger charge is 2.71. The van der Waals surface area contributed by atoms with Crippen molar-refractivity contribution in [3.8, 4) is 0 Å². The van der Waals surface area contributed by atoms with Crippen molar-refractivity contribution in [1.29, 1.82) is 0 Å². The van der Waals surface area contributed by atoms with E-state index in [2.05, 4.69) is 5.32 Å². The molecule has 2 rings (SSSR count). The summed E-state index contributed by atoms with van der Waals surface area (Å²) in [7, 11) is -3.44. The van der Waals surface area contributed by atoms with Crippen LogP contribution in [0.5, 0.6) is 0 Å². The van der Waals surface area contributed by atoms with E-state index in [1.54, 1.807) is 52.0 Å². The summed E-state index contributed by atoms with van der Waals surface area (Å²) in [6.07, 6.45) is -0.682. The molecule has 1 saturated carbocycles. The first-order valence-electron chi connectivity index (χ1n) is 8.15. The lowest BCUT2D eigenvalue weighted by atomic mass is 10.1. The first-order chi connectivity index (χ1) is 11.5. The van der Waals surface area contributed by atoms with Crippen LogP contribution in [-0.4, -0.2) is 43.2 Å². The van der Waals surface area contributed by atoms with Gasteiger partial charge in [0.25, 0.3) is 0 Å². The standard InChI is InChI=1S/C17H25ClN2O4S/c1-5-25(22,23)14-13(11-7-6-8-12(18)9-11)17(14,10-19)20-15(21)24-16(2,3)4/h6-9,13-14H,5,10,19H2,1-4H3,(H,20,21)/t13-,14-,17+/m0/s1. The zero-order valence-electron chi connectivity index (χ0n) is 14.9. The normalized spacial score (nSPS) is 26.2. The van der Waals surface area contributed by atoms with Gasteiger partial charge in [0.1, 0.15) is 5.60 Å². The molecular formula is C17H25ClN2O4S. The van der Waals surface area contributed by atoms with Gasteiger partial charge in [-0.3, -0.25) is 0 Å². The third-order valence-corrected chi connectivity index (χ3v) is 6.83. The number of carbonyl (C=O) groups is 1. The lowest BCUT2D eigenvalue weighted by Crippen LogP contribution is -2.49. The summed E-state index contributed by atoms with van der Waals surface area (Å²) in [5.41, 5.74) is 4.86. The second-order valence-corrected chi connectivity index (χ2v) is 10.1. The Bertz CT molecular complexity index is 760. The van der Waals surface area contributed by atoms with Crippen molar-refractivity contribution in [2.75, 3.05) is 12.3 Å². The van der Waals surface area contributed by atoms with Gasteiger partial charge < -0.3 is 15.8 Å². The Balaban J connectivity index is 2.40. The summed E-state index contributed by atoms with van der Waals surface area (Å²) in [6, 6.07) is 6.96. The molecule has 0 saturated heterocycles. The summed E-state index contributed by atoms with van der Waals surface area (Å²) < 4.78 is 30.5. The number of halogens is 1. The molecule has 3 N–H and O–H groups in total. The molecular weight excluding hydrogens is 364 g/mol. The minimum atomic E-state index is -3.44. The van der Waals surface area contributed by atoms with E-state index in [0.29, 0.717) is 5.02 Å². The number of ether oxygens (including phenoxy) is 1. The molecule has 1 aromatic carbocycles. The Kier molecular flexibility index (Phi) is 5.42. The molecule has 0 radical (unpaired) electrons. The van der Waals surface area contributed by atoms with Gasteiger partial charge in [0, 0.05) is 23.2 Å².